The number of fused-ring (bicyclic) bond motifs is 9. The fourth-order valence-electron chi connectivity index (χ4n) is 8.89. The van der Waals surface area contributed by atoms with Gasteiger partial charge in [-0.3, -0.25) is 0 Å². The Kier molecular flexibility index (Phi) is 8.03. The van der Waals surface area contributed by atoms with E-state index in [-0.39, 0.29) is 0 Å². The van der Waals surface area contributed by atoms with Gasteiger partial charge in [-0.05, 0) is 86.0 Å². The first kappa shape index (κ1) is 34.0. The summed E-state index contributed by atoms with van der Waals surface area (Å²) in [5, 5.41) is 0. The van der Waals surface area contributed by atoms with E-state index in [0.29, 0.717) is 11.5 Å². The van der Waals surface area contributed by atoms with Crippen molar-refractivity contribution in [3.63, 3.8) is 0 Å². The summed E-state index contributed by atoms with van der Waals surface area (Å²) in [5.74, 6) is 0.705. The Bertz CT molecular complexity index is 3020. The van der Waals surface area contributed by atoms with Crippen LogP contribution >= 0.6 is 11.8 Å². The number of hydrogen-bond acceptors (Lipinski definition) is 3. The molecule has 1 atom stereocenters. The highest BCUT2D eigenvalue weighted by atomic mass is 32.2. The fourth-order valence-corrected chi connectivity index (χ4v) is 10.1. The van der Waals surface area contributed by atoms with Gasteiger partial charge in [0, 0.05) is 26.5 Å². The van der Waals surface area contributed by atoms with Gasteiger partial charge < -0.3 is 0 Å². The number of nitrogens with zero attached hydrogens (tertiary/aromatic N) is 3. The van der Waals surface area contributed by atoms with E-state index in [1.165, 1.54) is 48.7 Å². The molecule has 1 unspecified atom stereocenters. The molecular weight excluding hydrogens is 723 g/mol. The third-order valence-corrected chi connectivity index (χ3v) is 12.8. The molecule has 0 saturated heterocycles. The van der Waals surface area contributed by atoms with Gasteiger partial charge in [0.05, 0.1) is 23.4 Å². The molecule has 1 spiro atoms. The first-order valence-corrected chi connectivity index (χ1v) is 20.2. The van der Waals surface area contributed by atoms with Gasteiger partial charge >= 0.3 is 0 Å². The molecule has 0 radical (unpaired) electrons. The molecule has 1 aromatic heterocycles. The predicted octanol–water partition coefficient (Wildman–Crippen LogP) is 14.2. The van der Waals surface area contributed by atoms with Crippen LogP contribution < -0.4 is 0 Å². The van der Waals surface area contributed by atoms with Crippen molar-refractivity contribution in [2.24, 2.45) is 0 Å². The van der Waals surface area contributed by atoms with Crippen LogP contribution in [0.25, 0.3) is 72.1 Å². The molecule has 58 heavy (non-hydrogen) atoms. The number of rotatable bonds is 5. The van der Waals surface area contributed by atoms with Crippen molar-refractivity contribution in [1.29, 1.82) is 0 Å². The van der Waals surface area contributed by atoms with Crippen molar-refractivity contribution in [1.82, 2.24) is 9.97 Å². The predicted molar refractivity (Wildman–Crippen MR) is 237 cm³/mol. The zero-order valence-electron chi connectivity index (χ0n) is 31.3. The van der Waals surface area contributed by atoms with E-state index in [1.54, 1.807) is 0 Å². The van der Waals surface area contributed by atoms with Crippen LogP contribution in [0.3, 0.4) is 0 Å². The highest BCUT2D eigenvalue weighted by Crippen LogP contribution is 2.62. The Morgan fingerprint density at radius 2 is 0.897 bits per heavy atom. The molecule has 9 aromatic rings. The molecule has 4 heteroatoms. The quantitative estimate of drug-likeness (QED) is 0.164. The lowest BCUT2D eigenvalue weighted by molar-refractivity contribution is 0.723. The summed E-state index contributed by atoms with van der Waals surface area (Å²) in [6.45, 7) is 7.33. The van der Waals surface area contributed by atoms with E-state index in [2.05, 4.69) is 157 Å². The van der Waals surface area contributed by atoms with Crippen molar-refractivity contribution in [3.8, 4) is 67.3 Å². The van der Waals surface area contributed by atoms with Crippen LogP contribution in [0.1, 0.15) is 22.3 Å². The van der Waals surface area contributed by atoms with E-state index in [4.69, 9.17) is 16.5 Å². The van der Waals surface area contributed by atoms with E-state index in [9.17, 15) is 0 Å². The van der Waals surface area contributed by atoms with Crippen molar-refractivity contribution < 1.29 is 0 Å². The summed E-state index contributed by atoms with van der Waals surface area (Å²) in [5.41, 5.74) is 17.2. The second kappa shape index (κ2) is 13.7. The lowest BCUT2D eigenvalue weighted by Gasteiger charge is -2.40. The summed E-state index contributed by atoms with van der Waals surface area (Å²) < 4.78 is 0. The molecule has 11 rings (SSSR count). The third-order valence-electron chi connectivity index (χ3n) is 11.6. The normalized spacial score (nSPS) is 14.5. The Labute approximate surface area is 342 Å². The minimum absolute atomic E-state index is 0.558. The van der Waals surface area contributed by atoms with Gasteiger partial charge in [0.15, 0.2) is 11.5 Å². The number of aromatic nitrogens is 2. The molecule has 3 nitrogen and oxygen atoms in total. The maximum Gasteiger partial charge on any atom is 0.187 e. The first-order chi connectivity index (χ1) is 28.7. The minimum atomic E-state index is -0.558. The second-order valence-electron chi connectivity index (χ2n) is 14.8. The minimum Gasteiger partial charge on any atom is -0.238 e. The highest BCUT2D eigenvalue weighted by Gasteiger charge is 2.50. The molecular formula is C54H33N3S. The Morgan fingerprint density at radius 1 is 0.379 bits per heavy atom. The molecule has 0 bridgehead atoms. The van der Waals surface area contributed by atoms with Gasteiger partial charge in [0.1, 0.15) is 0 Å². The standard InChI is InChI=1S/C54H33N3S/c1-55-42-28-24-36(25-29-42)35-20-22-37(23-21-35)40-27-31-52-48(32-40)54(46-18-10-11-19-51(46)58-52)45-17-9-8-16-43(45)44-30-26-41(33-47(44)54)50-34-49(38-12-4-2-5-13-38)56-53(57-50)39-14-6-3-7-15-39/h2-34H. The number of hydrogen-bond donors (Lipinski definition) is 0. The molecule has 0 N–H and O–H groups in total. The SMILES string of the molecule is [C-]#[N+]c1ccc(-c2ccc(-c3ccc4c(c3)C3(c5ccccc5S4)c4ccccc4-c4ccc(-c5cc(-c6ccccc6)nc(-c6ccccc6)n5)cc43)cc2)cc1. The summed E-state index contributed by atoms with van der Waals surface area (Å²) >= 11 is 1.86. The zero-order chi connectivity index (χ0) is 38.6. The molecule has 0 fully saturated rings. The summed E-state index contributed by atoms with van der Waals surface area (Å²) in [4.78, 5) is 16.4. The summed E-state index contributed by atoms with van der Waals surface area (Å²) in [7, 11) is 0. The van der Waals surface area contributed by atoms with Gasteiger partial charge in [-0.15, -0.1) is 0 Å². The van der Waals surface area contributed by atoms with Crippen LogP contribution in [0.15, 0.2) is 210 Å². The smallest absolute Gasteiger partial charge is 0.187 e. The molecule has 1 aliphatic carbocycles. The molecule has 0 amide bonds. The average molecular weight is 756 g/mol. The fraction of sp³-hybridized carbons (Fsp3) is 0.0185. The van der Waals surface area contributed by atoms with Gasteiger partial charge in [-0.2, -0.15) is 0 Å². The first-order valence-electron chi connectivity index (χ1n) is 19.4. The molecule has 8 aromatic carbocycles. The molecule has 0 saturated carbocycles. The maximum atomic E-state index is 7.33. The highest BCUT2D eigenvalue weighted by molar-refractivity contribution is 7.99. The molecule has 270 valence electrons. The lowest BCUT2D eigenvalue weighted by Crippen LogP contribution is -2.32. The largest absolute Gasteiger partial charge is 0.238 e. The van der Waals surface area contributed by atoms with Gasteiger partial charge in [-0.25, -0.2) is 14.8 Å². The second-order valence-corrected chi connectivity index (χ2v) is 15.9. The van der Waals surface area contributed by atoms with E-state index in [0.717, 1.165) is 44.8 Å². The van der Waals surface area contributed by atoms with Crippen molar-refractivity contribution in [3.05, 3.63) is 234 Å². The van der Waals surface area contributed by atoms with Gasteiger partial charge in [0.2, 0.25) is 0 Å². The Morgan fingerprint density at radius 3 is 1.62 bits per heavy atom. The summed E-state index contributed by atoms with van der Waals surface area (Å²) in [6.07, 6.45) is 0. The summed E-state index contributed by atoms with van der Waals surface area (Å²) in [6, 6.07) is 71.3. The maximum absolute atomic E-state index is 7.33. The Hall–Kier alpha value is -7.32. The van der Waals surface area contributed by atoms with E-state index in [1.807, 2.05) is 60.3 Å². The van der Waals surface area contributed by atoms with Crippen LogP contribution in [0.5, 0.6) is 0 Å². The Balaban J connectivity index is 1.11. The zero-order valence-corrected chi connectivity index (χ0v) is 32.1. The third kappa shape index (κ3) is 5.44. The lowest BCUT2D eigenvalue weighted by atomic mass is 9.66. The van der Waals surface area contributed by atoms with E-state index >= 15 is 0 Å². The number of benzene rings is 8. The van der Waals surface area contributed by atoms with Crippen molar-refractivity contribution >= 4 is 17.4 Å². The molecule has 2 heterocycles. The van der Waals surface area contributed by atoms with Crippen LogP contribution in [0.2, 0.25) is 0 Å². The van der Waals surface area contributed by atoms with Gasteiger partial charge in [-0.1, -0.05) is 182 Å². The van der Waals surface area contributed by atoms with E-state index < -0.39 is 5.41 Å². The van der Waals surface area contributed by atoms with Crippen molar-refractivity contribution in [2.75, 3.05) is 0 Å². The monoisotopic (exact) mass is 755 g/mol. The van der Waals surface area contributed by atoms with Crippen LogP contribution in [0.4, 0.5) is 5.69 Å². The van der Waals surface area contributed by atoms with Crippen LogP contribution in [-0.4, -0.2) is 9.97 Å². The molecule has 2 aliphatic rings. The van der Waals surface area contributed by atoms with Crippen LogP contribution in [-0.2, 0) is 5.41 Å². The van der Waals surface area contributed by atoms with Crippen molar-refractivity contribution in [2.45, 2.75) is 15.2 Å². The topological polar surface area (TPSA) is 30.1 Å². The molecule has 1 aliphatic heterocycles. The van der Waals surface area contributed by atoms with Gasteiger partial charge in [0.25, 0.3) is 0 Å². The average Bonchev–Trinajstić information content (AvgIpc) is 3.59. The van der Waals surface area contributed by atoms with Crippen LogP contribution in [0, 0.1) is 6.57 Å².